The predicted molar refractivity (Wildman–Crippen MR) is 58.3 cm³/mol. The van der Waals surface area contributed by atoms with E-state index in [1.807, 2.05) is 0 Å². The fourth-order valence-corrected chi connectivity index (χ4v) is 1.86. The number of rotatable bonds is 2. The van der Waals surface area contributed by atoms with E-state index in [9.17, 15) is 18.3 Å². The molecule has 0 saturated carbocycles. The van der Waals surface area contributed by atoms with Crippen molar-refractivity contribution in [3.05, 3.63) is 23.9 Å². The van der Waals surface area contributed by atoms with Gasteiger partial charge in [0.05, 0.1) is 31.4 Å². The van der Waals surface area contributed by atoms with Gasteiger partial charge < -0.3 is 14.7 Å². The minimum Gasteiger partial charge on any atom is -0.394 e. The Labute approximate surface area is 102 Å². The lowest BCUT2D eigenvalue weighted by atomic mass is 10.2. The van der Waals surface area contributed by atoms with Crippen molar-refractivity contribution in [2.75, 3.05) is 31.3 Å². The van der Waals surface area contributed by atoms with Crippen LogP contribution in [0.3, 0.4) is 0 Å². The van der Waals surface area contributed by atoms with Crippen LogP contribution in [0, 0.1) is 0 Å². The highest BCUT2D eigenvalue weighted by molar-refractivity contribution is 5.43. The first kappa shape index (κ1) is 13.1. The van der Waals surface area contributed by atoms with E-state index >= 15 is 0 Å². The second-order valence-corrected chi connectivity index (χ2v) is 4.01. The summed E-state index contributed by atoms with van der Waals surface area (Å²) in [6.07, 6.45) is -3.26. The molecule has 4 nitrogen and oxygen atoms in total. The van der Waals surface area contributed by atoms with E-state index < -0.39 is 11.7 Å². The van der Waals surface area contributed by atoms with Gasteiger partial charge in [0.15, 0.2) is 0 Å². The van der Waals surface area contributed by atoms with E-state index in [0.717, 1.165) is 18.3 Å². The summed E-state index contributed by atoms with van der Waals surface area (Å²) in [6, 6.07) is 1.57. The summed E-state index contributed by atoms with van der Waals surface area (Å²) in [5, 5.41) is 9.18. The second kappa shape index (κ2) is 5.11. The second-order valence-electron chi connectivity index (χ2n) is 4.01. The topological polar surface area (TPSA) is 45.6 Å². The van der Waals surface area contributed by atoms with Gasteiger partial charge in [0, 0.05) is 12.7 Å². The molecule has 0 aromatic carbocycles. The standard InChI is InChI=1S/C11H13F3N2O2/c12-11(13,14)8-1-2-15-10(5-8)16-3-4-18-7-9(16)6-17/h1-2,5,9,17H,3-4,6-7H2. The lowest BCUT2D eigenvalue weighted by Crippen LogP contribution is -2.48. The van der Waals surface area contributed by atoms with E-state index in [1.165, 1.54) is 0 Å². The smallest absolute Gasteiger partial charge is 0.394 e. The molecule has 100 valence electrons. The number of nitrogens with zero attached hydrogens (tertiary/aromatic N) is 2. The molecule has 1 aliphatic rings. The Morgan fingerprint density at radius 3 is 2.94 bits per heavy atom. The molecule has 1 aliphatic heterocycles. The van der Waals surface area contributed by atoms with Gasteiger partial charge in [-0.3, -0.25) is 0 Å². The molecule has 0 amide bonds. The van der Waals surface area contributed by atoms with Crippen molar-refractivity contribution in [3.63, 3.8) is 0 Å². The third kappa shape index (κ3) is 2.73. The largest absolute Gasteiger partial charge is 0.416 e. The zero-order valence-electron chi connectivity index (χ0n) is 9.52. The molecule has 1 aromatic heterocycles. The number of ether oxygens (including phenoxy) is 1. The minimum absolute atomic E-state index is 0.183. The Hall–Kier alpha value is -1.34. The molecule has 2 rings (SSSR count). The molecule has 2 heterocycles. The monoisotopic (exact) mass is 262 g/mol. The van der Waals surface area contributed by atoms with Gasteiger partial charge in [-0.25, -0.2) is 4.98 Å². The van der Waals surface area contributed by atoms with Crippen molar-refractivity contribution in [1.82, 2.24) is 4.98 Å². The fraction of sp³-hybridized carbons (Fsp3) is 0.545. The van der Waals surface area contributed by atoms with Crippen LogP contribution in [0.5, 0.6) is 0 Å². The quantitative estimate of drug-likeness (QED) is 0.872. The van der Waals surface area contributed by atoms with Crippen LogP contribution < -0.4 is 4.90 Å². The summed E-state index contributed by atoms with van der Waals surface area (Å²) < 4.78 is 43.0. The third-order valence-corrected chi connectivity index (χ3v) is 2.81. The zero-order valence-corrected chi connectivity index (χ0v) is 9.52. The summed E-state index contributed by atoms with van der Waals surface area (Å²) in [5.74, 6) is 0.215. The van der Waals surface area contributed by atoms with E-state index in [2.05, 4.69) is 4.98 Å². The number of aromatic nitrogens is 1. The minimum atomic E-state index is -4.39. The normalized spacial score (nSPS) is 21.1. The molecule has 1 saturated heterocycles. The van der Waals surface area contributed by atoms with Crippen LogP contribution in [0.15, 0.2) is 18.3 Å². The van der Waals surface area contributed by atoms with Crippen molar-refractivity contribution in [2.24, 2.45) is 0 Å². The number of halogens is 3. The molecule has 0 radical (unpaired) electrons. The molecule has 1 atom stereocenters. The summed E-state index contributed by atoms with van der Waals surface area (Å²) in [6.45, 7) is 0.931. The Kier molecular flexibility index (Phi) is 3.72. The highest BCUT2D eigenvalue weighted by atomic mass is 19.4. The first-order valence-electron chi connectivity index (χ1n) is 5.51. The van der Waals surface area contributed by atoms with Crippen LogP contribution in [0.25, 0.3) is 0 Å². The van der Waals surface area contributed by atoms with Crippen molar-refractivity contribution in [1.29, 1.82) is 0 Å². The Morgan fingerprint density at radius 2 is 2.28 bits per heavy atom. The van der Waals surface area contributed by atoms with Gasteiger partial charge in [-0.2, -0.15) is 13.2 Å². The van der Waals surface area contributed by atoms with Crippen LogP contribution >= 0.6 is 0 Å². The number of hydrogen-bond donors (Lipinski definition) is 1. The number of hydrogen-bond acceptors (Lipinski definition) is 4. The third-order valence-electron chi connectivity index (χ3n) is 2.81. The van der Waals surface area contributed by atoms with Crippen LogP contribution in [-0.2, 0) is 10.9 Å². The van der Waals surface area contributed by atoms with E-state index in [1.54, 1.807) is 4.90 Å². The van der Waals surface area contributed by atoms with E-state index in [0.29, 0.717) is 13.2 Å². The van der Waals surface area contributed by atoms with Crippen molar-refractivity contribution < 1.29 is 23.0 Å². The molecule has 7 heteroatoms. The molecule has 1 fully saturated rings. The first-order valence-corrected chi connectivity index (χ1v) is 5.51. The first-order chi connectivity index (χ1) is 8.52. The molecule has 0 spiro atoms. The Bertz CT molecular complexity index is 412. The average Bonchev–Trinajstić information content (AvgIpc) is 2.38. The van der Waals surface area contributed by atoms with Gasteiger partial charge >= 0.3 is 6.18 Å². The molecule has 0 aliphatic carbocycles. The van der Waals surface area contributed by atoms with Gasteiger partial charge in [0.1, 0.15) is 5.82 Å². The zero-order chi connectivity index (χ0) is 13.2. The Morgan fingerprint density at radius 1 is 1.50 bits per heavy atom. The van der Waals surface area contributed by atoms with Crippen LogP contribution in [0.1, 0.15) is 5.56 Å². The SMILES string of the molecule is OCC1COCCN1c1cc(C(F)(F)F)ccn1. The predicted octanol–water partition coefficient (Wildman–Crippen LogP) is 1.30. The van der Waals surface area contributed by atoms with Gasteiger partial charge in [0.2, 0.25) is 0 Å². The van der Waals surface area contributed by atoms with Crippen molar-refractivity contribution in [3.8, 4) is 0 Å². The molecule has 1 unspecified atom stereocenters. The summed E-state index contributed by atoms with van der Waals surface area (Å²) >= 11 is 0. The van der Waals surface area contributed by atoms with E-state index in [-0.39, 0.29) is 25.1 Å². The molecule has 1 N–H and O–H groups in total. The van der Waals surface area contributed by atoms with E-state index in [4.69, 9.17) is 4.74 Å². The maximum absolute atomic E-state index is 12.6. The maximum Gasteiger partial charge on any atom is 0.416 e. The lowest BCUT2D eigenvalue weighted by Gasteiger charge is -2.35. The molecular weight excluding hydrogens is 249 g/mol. The number of morpholine rings is 1. The highest BCUT2D eigenvalue weighted by Gasteiger charge is 2.32. The lowest BCUT2D eigenvalue weighted by molar-refractivity contribution is -0.137. The Balaban J connectivity index is 2.27. The fourth-order valence-electron chi connectivity index (χ4n) is 1.86. The van der Waals surface area contributed by atoms with Gasteiger partial charge in [-0.1, -0.05) is 0 Å². The van der Waals surface area contributed by atoms with Gasteiger partial charge in [0.25, 0.3) is 0 Å². The van der Waals surface area contributed by atoms with Crippen LogP contribution in [0.4, 0.5) is 19.0 Å². The number of anilines is 1. The number of alkyl halides is 3. The molecule has 18 heavy (non-hydrogen) atoms. The number of aliphatic hydroxyl groups is 1. The summed E-state index contributed by atoms with van der Waals surface area (Å²) in [4.78, 5) is 5.57. The average molecular weight is 262 g/mol. The highest BCUT2D eigenvalue weighted by Crippen LogP contribution is 2.31. The number of pyridine rings is 1. The molecule has 1 aromatic rings. The summed E-state index contributed by atoms with van der Waals surface area (Å²) in [5.41, 5.74) is -0.740. The van der Waals surface area contributed by atoms with Crippen LogP contribution in [0.2, 0.25) is 0 Å². The number of aliphatic hydroxyl groups excluding tert-OH is 1. The maximum atomic E-state index is 12.6. The molecular formula is C11H13F3N2O2. The molecule has 0 bridgehead atoms. The van der Waals surface area contributed by atoms with Gasteiger partial charge in [-0.05, 0) is 12.1 Å². The summed E-state index contributed by atoms with van der Waals surface area (Å²) in [7, 11) is 0. The van der Waals surface area contributed by atoms with Crippen molar-refractivity contribution in [2.45, 2.75) is 12.2 Å². The van der Waals surface area contributed by atoms with Gasteiger partial charge in [-0.15, -0.1) is 0 Å². The van der Waals surface area contributed by atoms with Crippen LogP contribution in [-0.4, -0.2) is 42.5 Å². The van der Waals surface area contributed by atoms with Crippen molar-refractivity contribution >= 4 is 5.82 Å².